The van der Waals surface area contributed by atoms with Crippen LogP contribution in [-0.2, 0) is 9.47 Å². The van der Waals surface area contributed by atoms with Crippen LogP contribution in [0.15, 0.2) is 41.2 Å². The first-order valence-corrected chi connectivity index (χ1v) is 13.4. The first-order valence-electron chi connectivity index (χ1n) is 11.6. The summed E-state index contributed by atoms with van der Waals surface area (Å²) >= 11 is 3.20. The third kappa shape index (κ3) is 5.21. The van der Waals surface area contributed by atoms with Crippen LogP contribution in [0.3, 0.4) is 0 Å². The van der Waals surface area contributed by atoms with Gasteiger partial charge < -0.3 is 30.6 Å². The topological polar surface area (TPSA) is 150 Å². The lowest BCUT2D eigenvalue weighted by atomic mass is 10.1. The summed E-state index contributed by atoms with van der Waals surface area (Å²) in [5.41, 5.74) is 8.44. The van der Waals surface area contributed by atoms with Crippen molar-refractivity contribution in [2.75, 3.05) is 19.0 Å². The second-order valence-electron chi connectivity index (χ2n) is 8.80. The molecule has 5 rings (SSSR count). The summed E-state index contributed by atoms with van der Waals surface area (Å²) in [7, 11) is 0. The van der Waals surface area contributed by atoms with E-state index in [2.05, 4.69) is 20.4 Å². The SMILES string of the molecule is Cc1nc(C(OC2COC2C)[C@@H](O)CN(N)/C=C(\N)C2=CNCS2)n(-c2ccc3nc(C)sc3c2)n1. The molecule has 6 N–H and O–H groups in total. The fourth-order valence-electron chi connectivity index (χ4n) is 4.06. The van der Waals surface area contributed by atoms with E-state index in [-0.39, 0.29) is 18.8 Å². The number of benzene rings is 1. The second-order valence-corrected chi connectivity index (χ2v) is 11.0. The van der Waals surface area contributed by atoms with Gasteiger partial charge in [-0.05, 0) is 39.0 Å². The summed E-state index contributed by atoms with van der Waals surface area (Å²) in [4.78, 5) is 10.1. The largest absolute Gasteiger partial charge is 0.397 e. The Kier molecular flexibility index (Phi) is 7.19. The Morgan fingerprint density at radius 2 is 2.25 bits per heavy atom. The normalized spacial score (nSPS) is 21.7. The number of hydrogen-bond acceptors (Lipinski definition) is 12. The quantitative estimate of drug-likeness (QED) is 0.237. The van der Waals surface area contributed by atoms with Crippen LogP contribution in [0, 0.1) is 13.8 Å². The van der Waals surface area contributed by atoms with Gasteiger partial charge in [0.1, 0.15) is 24.1 Å². The Balaban J connectivity index is 1.44. The maximum absolute atomic E-state index is 11.3. The van der Waals surface area contributed by atoms with Crippen LogP contribution in [0.2, 0.25) is 0 Å². The van der Waals surface area contributed by atoms with Gasteiger partial charge in [0.2, 0.25) is 0 Å². The van der Waals surface area contributed by atoms with Gasteiger partial charge in [0, 0.05) is 17.3 Å². The number of hydrogen-bond donors (Lipinski definition) is 4. The van der Waals surface area contributed by atoms with E-state index in [0.29, 0.717) is 24.0 Å². The smallest absolute Gasteiger partial charge is 0.164 e. The number of fused-ring (bicyclic) bond motifs is 1. The monoisotopic (exact) mass is 530 g/mol. The van der Waals surface area contributed by atoms with Gasteiger partial charge in [0.25, 0.3) is 0 Å². The van der Waals surface area contributed by atoms with Gasteiger partial charge >= 0.3 is 0 Å². The lowest BCUT2D eigenvalue weighted by Crippen LogP contribution is -2.48. The molecule has 36 heavy (non-hydrogen) atoms. The highest BCUT2D eigenvalue weighted by atomic mass is 32.2. The van der Waals surface area contributed by atoms with Gasteiger partial charge in [-0.2, -0.15) is 5.10 Å². The molecule has 192 valence electrons. The highest BCUT2D eigenvalue weighted by molar-refractivity contribution is 8.03. The van der Waals surface area contributed by atoms with Gasteiger partial charge in [0.15, 0.2) is 5.82 Å². The maximum Gasteiger partial charge on any atom is 0.164 e. The highest BCUT2D eigenvalue weighted by Gasteiger charge is 2.37. The van der Waals surface area contributed by atoms with Crippen molar-refractivity contribution < 1.29 is 14.6 Å². The lowest BCUT2D eigenvalue weighted by Gasteiger charge is -2.38. The molecule has 0 saturated carbocycles. The molecule has 4 heterocycles. The Morgan fingerprint density at radius 1 is 1.42 bits per heavy atom. The third-order valence-corrected chi connectivity index (χ3v) is 7.87. The van der Waals surface area contributed by atoms with Crippen molar-refractivity contribution >= 4 is 33.3 Å². The molecule has 1 fully saturated rings. The molecule has 0 radical (unpaired) electrons. The Hall–Kier alpha value is -2.68. The number of rotatable bonds is 9. The summed E-state index contributed by atoms with van der Waals surface area (Å²) in [5.74, 6) is 8.03. The van der Waals surface area contributed by atoms with Crippen LogP contribution in [-0.4, -0.2) is 67.2 Å². The third-order valence-electron chi connectivity index (χ3n) is 5.97. The number of aliphatic hydroxyl groups is 1. The molecule has 2 aromatic heterocycles. The zero-order chi connectivity index (χ0) is 25.4. The number of nitrogens with one attached hydrogen (secondary N) is 1. The van der Waals surface area contributed by atoms with Crippen LogP contribution in [0.5, 0.6) is 0 Å². The molecule has 0 bridgehead atoms. The Labute approximate surface area is 217 Å². The minimum atomic E-state index is -1.02. The molecule has 1 saturated heterocycles. The van der Waals surface area contributed by atoms with Crippen molar-refractivity contribution in [3.8, 4) is 5.69 Å². The van der Waals surface area contributed by atoms with Crippen molar-refractivity contribution in [2.45, 2.75) is 45.2 Å². The summed E-state index contributed by atoms with van der Waals surface area (Å²) in [6.07, 6.45) is 1.36. The number of thiazole rings is 1. The molecule has 3 unspecified atom stereocenters. The molecule has 3 aromatic rings. The summed E-state index contributed by atoms with van der Waals surface area (Å²) in [6, 6.07) is 5.93. The zero-order valence-electron chi connectivity index (χ0n) is 20.3. The van der Waals surface area contributed by atoms with Crippen molar-refractivity contribution in [2.24, 2.45) is 11.6 Å². The molecular weight excluding hydrogens is 500 g/mol. The fraction of sp³-hybridized carbons (Fsp3) is 0.435. The highest BCUT2D eigenvalue weighted by Crippen LogP contribution is 2.31. The van der Waals surface area contributed by atoms with Crippen LogP contribution >= 0.6 is 23.1 Å². The number of nitrogens with two attached hydrogens (primary N) is 2. The molecule has 0 spiro atoms. The van der Waals surface area contributed by atoms with E-state index in [1.54, 1.807) is 34.0 Å². The number of aryl methyl sites for hydroxylation is 2. The van der Waals surface area contributed by atoms with Crippen molar-refractivity contribution in [3.05, 3.63) is 57.9 Å². The molecule has 2 aliphatic rings. The molecule has 11 nitrogen and oxygen atoms in total. The minimum absolute atomic E-state index is 0.0671. The van der Waals surface area contributed by atoms with E-state index in [0.717, 1.165) is 31.7 Å². The van der Waals surface area contributed by atoms with Crippen LogP contribution in [0.25, 0.3) is 15.9 Å². The molecular formula is C23H30N8O3S2. The number of aliphatic hydroxyl groups excluding tert-OH is 1. The lowest BCUT2D eigenvalue weighted by molar-refractivity contribution is -0.217. The predicted molar refractivity (Wildman–Crippen MR) is 140 cm³/mol. The average molecular weight is 531 g/mol. The van der Waals surface area contributed by atoms with Crippen LogP contribution in [0.1, 0.15) is 29.7 Å². The van der Waals surface area contributed by atoms with Gasteiger partial charge in [0.05, 0.1) is 51.7 Å². The average Bonchev–Trinajstić information content (AvgIpc) is 3.57. The fourth-order valence-corrected chi connectivity index (χ4v) is 5.63. The van der Waals surface area contributed by atoms with Gasteiger partial charge in [-0.25, -0.2) is 20.5 Å². The maximum atomic E-state index is 11.3. The van der Waals surface area contributed by atoms with Crippen LogP contribution < -0.4 is 16.9 Å². The second kappa shape index (κ2) is 10.4. The Morgan fingerprint density at radius 3 is 2.94 bits per heavy atom. The number of nitrogens with zero attached hydrogens (tertiary/aromatic N) is 5. The van der Waals surface area contributed by atoms with Crippen molar-refractivity contribution in [1.29, 1.82) is 0 Å². The Bertz CT molecular complexity index is 1310. The number of thioether (sulfide) groups is 1. The van der Waals surface area contributed by atoms with E-state index < -0.39 is 12.2 Å². The van der Waals surface area contributed by atoms with E-state index in [1.807, 2.05) is 45.2 Å². The molecule has 13 heteroatoms. The summed E-state index contributed by atoms with van der Waals surface area (Å²) in [5, 5.41) is 21.4. The zero-order valence-corrected chi connectivity index (χ0v) is 21.9. The van der Waals surface area contributed by atoms with E-state index in [1.165, 1.54) is 5.01 Å². The molecule has 2 aliphatic heterocycles. The molecule has 0 aliphatic carbocycles. The van der Waals surface area contributed by atoms with Gasteiger partial charge in [-0.3, -0.25) is 0 Å². The van der Waals surface area contributed by atoms with Gasteiger partial charge in [-0.1, -0.05) is 0 Å². The minimum Gasteiger partial charge on any atom is -0.397 e. The number of ether oxygens (including phenoxy) is 2. The van der Waals surface area contributed by atoms with Crippen molar-refractivity contribution in [1.82, 2.24) is 30.1 Å². The van der Waals surface area contributed by atoms with Crippen LogP contribution in [0.4, 0.5) is 0 Å². The summed E-state index contributed by atoms with van der Waals surface area (Å²) < 4.78 is 14.6. The van der Waals surface area contributed by atoms with Gasteiger partial charge in [-0.15, -0.1) is 23.1 Å². The molecule has 4 atom stereocenters. The first-order chi connectivity index (χ1) is 17.3. The molecule has 1 aromatic carbocycles. The standard InChI is InChI=1S/C23H30N8O3S2/c1-12-19(10-33-12)34-22(18(32)9-30(25)8-16(24)21-7-26-11-35-21)23-27-13(2)29-31(23)15-4-5-17-20(6-15)36-14(3)28-17/h4-8,12,18-19,22,26,32H,9-11,24-25H2,1-3H3/b16-8-/t12?,18-,19?,22?/m0/s1. The van der Waals surface area contributed by atoms with E-state index in [4.69, 9.17) is 21.1 Å². The first kappa shape index (κ1) is 25.0. The molecule has 0 amide bonds. The predicted octanol–water partition coefficient (Wildman–Crippen LogP) is 1.81. The van der Waals surface area contributed by atoms with E-state index >= 15 is 0 Å². The number of hydrazine groups is 1. The summed E-state index contributed by atoms with van der Waals surface area (Å²) in [6.45, 7) is 6.25. The van der Waals surface area contributed by atoms with Crippen molar-refractivity contribution in [3.63, 3.8) is 0 Å². The number of aromatic nitrogens is 4. The van der Waals surface area contributed by atoms with E-state index in [9.17, 15) is 5.11 Å².